The molecule has 1 aromatic rings. The van der Waals surface area contributed by atoms with Crippen molar-refractivity contribution in [3.63, 3.8) is 0 Å². The highest BCUT2D eigenvalue weighted by atomic mass is 16.3. The van der Waals surface area contributed by atoms with Gasteiger partial charge in [0.25, 0.3) is 5.82 Å². The summed E-state index contributed by atoms with van der Waals surface area (Å²) in [5, 5.41) is 10.0. The lowest BCUT2D eigenvalue weighted by molar-refractivity contribution is -0.575. The maximum atomic E-state index is 10.0. The summed E-state index contributed by atoms with van der Waals surface area (Å²) in [6, 6.07) is 0. The second kappa shape index (κ2) is 10.7. The Morgan fingerprint density at radius 3 is 2.60 bits per heavy atom. The van der Waals surface area contributed by atoms with Crippen LogP contribution in [0.5, 0.6) is 0 Å². The van der Waals surface area contributed by atoms with E-state index in [4.69, 9.17) is 0 Å². The van der Waals surface area contributed by atoms with Gasteiger partial charge in [-0.3, -0.25) is 0 Å². The van der Waals surface area contributed by atoms with E-state index in [1.54, 1.807) is 6.20 Å². The molecule has 1 rings (SSSR count). The molecule has 1 unspecified atom stereocenters. The molecule has 0 aliphatic carbocycles. The zero-order chi connectivity index (χ0) is 14.6. The molecule has 0 aliphatic rings. The van der Waals surface area contributed by atoms with Crippen molar-refractivity contribution < 1.29 is 9.67 Å². The number of aromatic amines is 1. The number of nitrogens with zero attached hydrogens (tertiary/aromatic N) is 1. The summed E-state index contributed by atoms with van der Waals surface area (Å²) in [4.78, 5) is 3.19. The Balaban J connectivity index is 2.03. The standard InChI is InChI=1S/C17H30N2O/c1-3-5-6-7-8-9-10-11-16(20)12-13-17-18-14-15-19(17)4-2/h4,14-16,20H,2-3,5-13H2,1H3/p+1. The molecule has 3 heteroatoms. The molecule has 0 fully saturated rings. The summed E-state index contributed by atoms with van der Waals surface area (Å²) in [6.45, 7) is 6.01. The Hall–Kier alpha value is -1.09. The monoisotopic (exact) mass is 279 g/mol. The lowest BCUT2D eigenvalue weighted by Gasteiger charge is -2.08. The van der Waals surface area contributed by atoms with Crippen LogP contribution in [0.4, 0.5) is 0 Å². The molecule has 0 aromatic carbocycles. The van der Waals surface area contributed by atoms with Gasteiger partial charge < -0.3 is 5.11 Å². The predicted molar refractivity (Wildman–Crippen MR) is 84.3 cm³/mol. The molecule has 1 heterocycles. The quantitative estimate of drug-likeness (QED) is 0.443. The summed E-state index contributed by atoms with van der Waals surface area (Å²) in [7, 11) is 0. The van der Waals surface area contributed by atoms with E-state index in [2.05, 4.69) is 18.5 Å². The van der Waals surface area contributed by atoms with Crippen LogP contribution < -0.4 is 4.57 Å². The molecule has 0 saturated heterocycles. The maximum absolute atomic E-state index is 10.0. The first kappa shape index (κ1) is 17.0. The first-order valence-corrected chi connectivity index (χ1v) is 8.16. The minimum absolute atomic E-state index is 0.174. The van der Waals surface area contributed by atoms with Crippen LogP contribution in [-0.4, -0.2) is 16.2 Å². The third-order valence-electron chi connectivity index (χ3n) is 3.85. The maximum Gasteiger partial charge on any atom is 0.258 e. The van der Waals surface area contributed by atoms with Crippen molar-refractivity contribution in [1.29, 1.82) is 0 Å². The van der Waals surface area contributed by atoms with Gasteiger partial charge in [0.2, 0.25) is 0 Å². The highest BCUT2D eigenvalue weighted by Crippen LogP contribution is 2.11. The van der Waals surface area contributed by atoms with Gasteiger partial charge in [0.1, 0.15) is 12.4 Å². The smallest absolute Gasteiger partial charge is 0.258 e. The molecule has 1 aromatic heterocycles. The summed E-state index contributed by atoms with van der Waals surface area (Å²) in [6.07, 6.45) is 17.2. The molecule has 0 bridgehead atoms. The van der Waals surface area contributed by atoms with E-state index in [9.17, 15) is 5.11 Å². The minimum atomic E-state index is -0.174. The van der Waals surface area contributed by atoms with Crippen LogP contribution in [0.1, 0.15) is 70.5 Å². The van der Waals surface area contributed by atoms with Gasteiger partial charge in [0, 0.05) is 0 Å². The number of aliphatic hydroxyl groups is 1. The Labute approximate surface area is 123 Å². The Morgan fingerprint density at radius 1 is 1.20 bits per heavy atom. The van der Waals surface area contributed by atoms with E-state index in [0.717, 1.165) is 31.5 Å². The number of H-pyrrole nitrogens is 1. The number of aromatic nitrogens is 2. The third-order valence-corrected chi connectivity index (χ3v) is 3.85. The number of imidazole rings is 1. The number of hydrogen-bond donors (Lipinski definition) is 2. The fraction of sp³-hybridized carbons (Fsp3) is 0.706. The molecular weight excluding hydrogens is 248 g/mol. The highest BCUT2D eigenvalue weighted by molar-refractivity contribution is 4.98. The minimum Gasteiger partial charge on any atom is -0.393 e. The fourth-order valence-electron chi connectivity index (χ4n) is 2.54. The molecule has 0 aliphatic heterocycles. The van der Waals surface area contributed by atoms with Crippen molar-refractivity contribution >= 4 is 6.20 Å². The number of nitrogens with one attached hydrogen (secondary N) is 1. The average molecular weight is 279 g/mol. The van der Waals surface area contributed by atoms with Gasteiger partial charge in [-0.15, -0.1) is 0 Å². The van der Waals surface area contributed by atoms with Crippen LogP contribution in [0.2, 0.25) is 0 Å². The lowest BCUT2D eigenvalue weighted by Crippen LogP contribution is -2.28. The second-order valence-electron chi connectivity index (χ2n) is 5.60. The normalized spacial score (nSPS) is 12.5. The molecule has 3 nitrogen and oxygen atoms in total. The summed E-state index contributed by atoms with van der Waals surface area (Å²) in [5.41, 5.74) is 0. The van der Waals surface area contributed by atoms with Gasteiger partial charge in [0.05, 0.1) is 18.7 Å². The highest BCUT2D eigenvalue weighted by Gasteiger charge is 2.11. The van der Waals surface area contributed by atoms with Crippen LogP contribution in [0.25, 0.3) is 6.20 Å². The number of aliphatic hydroxyl groups excluding tert-OH is 1. The molecule has 0 radical (unpaired) electrons. The number of aryl methyl sites for hydroxylation is 1. The van der Waals surface area contributed by atoms with E-state index in [0.29, 0.717) is 0 Å². The van der Waals surface area contributed by atoms with Crippen LogP contribution in [-0.2, 0) is 6.42 Å². The summed E-state index contributed by atoms with van der Waals surface area (Å²) >= 11 is 0. The molecule has 114 valence electrons. The van der Waals surface area contributed by atoms with Gasteiger partial charge in [-0.25, -0.2) is 9.55 Å². The zero-order valence-electron chi connectivity index (χ0n) is 13.0. The van der Waals surface area contributed by atoms with E-state index >= 15 is 0 Å². The molecule has 20 heavy (non-hydrogen) atoms. The van der Waals surface area contributed by atoms with Gasteiger partial charge in [-0.1, -0.05) is 58.4 Å². The number of unbranched alkanes of at least 4 members (excludes halogenated alkanes) is 6. The van der Waals surface area contributed by atoms with Gasteiger partial charge in [-0.05, 0) is 12.8 Å². The van der Waals surface area contributed by atoms with Crippen molar-refractivity contribution in [2.75, 3.05) is 0 Å². The third kappa shape index (κ3) is 6.90. The van der Waals surface area contributed by atoms with Crippen molar-refractivity contribution in [2.24, 2.45) is 0 Å². The van der Waals surface area contributed by atoms with E-state index in [-0.39, 0.29) is 6.10 Å². The molecule has 0 saturated carbocycles. The lowest BCUT2D eigenvalue weighted by atomic mass is 10.0. The van der Waals surface area contributed by atoms with Crippen LogP contribution in [0.15, 0.2) is 19.0 Å². The SMILES string of the molecule is C=C[n+]1cc[nH]c1CCC(O)CCCCCCCCC. The fourth-order valence-corrected chi connectivity index (χ4v) is 2.54. The zero-order valence-corrected chi connectivity index (χ0v) is 13.0. The molecule has 1 atom stereocenters. The summed E-state index contributed by atoms with van der Waals surface area (Å²) in [5.74, 6) is 1.11. The van der Waals surface area contributed by atoms with Crippen LogP contribution >= 0.6 is 0 Å². The first-order valence-electron chi connectivity index (χ1n) is 8.16. The average Bonchev–Trinajstić information content (AvgIpc) is 2.91. The number of rotatable bonds is 12. The van der Waals surface area contributed by atoms with Crippen LogP contribution in [0, 0.1) is 0 Å². The Morgan fingerprint density at radius 2 is 1.90 bits per heavy atom. The molecule has 2 N–H and O–H groups in total. The van der Waals surface area contributed by atoms with E-state index < -0.39 is 0 Å². The number of hydrogen-bond acceptors (Lipinski definition) is 1. The predicted octanol–water partition coefficient (Wildman–Crippen LogP) is 3.84. The van der Waals surface area contributed by atoms with E-state index in [1.165, 1.54) is 38.5 Å². The molecule has 0 spiro atoms. The Bertz CT molecular complexity index is 360. The van der Waals surface area contributed by atoms with Gasteiger partial charge in [-0.2, -0.15) is 0 Å². The summed E-state index contributed by atoms with van der Waals surface area (Å²) < 4.78 is 1.97. The molecule has 0 amide bonds. The van der Waals surface area contributed by atoms with Crippen molar-refractivity contribution in [1.82, 2.24) is 4.98 Å². The second-order valence-corrected chi connectivity index (χ2v) is 5.60. The topological polar surface area (TPSA) is 39.9 Å². The first-order chi connectivity index (χ1) is 9.77. The van der Waals surface area contributed by atoms with Crippen molar-refractivity contribution in [3.05, 3.63) is 24.8 Å². The Kier molecular flexibility index (Phi) is 9.05. The van der Waals surface area contributed by atoms with Gasteiger partial charge >= 0.3 is 0 Å². The van der Waals surface area contributed by atoms with Crippen molar-refractivity contribution in [3.8, 4) is 0 Å². The largest absolute Gasteiger partial charge is 0.393 e. The van der Waals surface area contributed by atoms with Crippen LogP contribution in [0.3, 0.4) is 0 Å². The van der Waals surface area contributed by atoms with Gasteiger partial charge in [0.15, 0.2) is 0 Å². The van der Waals surface area contributed by atoms with Crippen molar-refractivity contribution in [2.45, 2.75) is 77.2 Å². The van der Waals surface area contributed by atoms with E-state index in [1.807, 2.05) is 17.0 Å². The molecular formula is C17H31N2O+.